The van der Waals surface area contributed by atoms with E-state index in [1.165, 1.54) is 0 Å². The molecule has 1 N–H and O–H groups in total. The normalized spacial score (nSPS) is 10.2. The summed E-state index contributed by atoms with van der Waals surface area (Å²) in [6, 6.07) is 18.6. The van der Waals surface area contributed by atoms with Crippen molar-refractivity contribution in [2.45, 2.75) is 6.92 Å². The number of aromatic nitrogens is 2. The molecule has 0 radical (unpaired) electrons. The number of anilines is 1. The van der Waals surface area contributed by atoms with Crippen LogP contribution in [0.3, 0.4) is 0 Å². The average molecular weight is 289 g/mol. The first-order valence-electron chi connectivity index (χ1n) is 6.99. The predicted molar refractivity (Wildman–Crippen MR) is 86.6 cm³/mol. The van der Waals surface area contributed by atoms with Gasteiger partial charge >= 0.3 is 0 Å². The van der Waals surface area contributed by atoms with Gasteiger partial charge in [0.2, 0.25) is 0 Å². The Kier molecular flexibility index (Phi) is 3.92. The summed E-state index contributed by atoms with van der Waals surface area (Å²) in [4.78, 5) is 20.6. The molecule has 0 saturated heterocycles. The quantitative estimate of drug-likeness (QED) is 0.799. The lowest BCUT2D eigenvalue weighted by Crippen LogP contribution is -2.11. The van der Waals surface area contributed by atoms with Crippen LogP contribution in [0.25, 0.3) is 11.3 Å². The van der Waals surface area contributed by atoms with Crippen molar-refractivity contribution in [3.05, 3.63) is 78.2 Å². The number of nitrogens with zero attached hydrogens (tertiary/aromatic N) is 2. The lowest BCUT2D eigenvalue weighted by atomic mass is 10.1. The summed E-state index contributed by atoms with van der Waals surface area (Å²) in [5.41, 5.74) is 3.25. The smallest absolute Gasteiger partial charge is 0.255 e. The van der Waals surface area contributed by atoms with Gasteiger partial charge in [0.15, 0.2) is 0 Å². The molecule has 1 amide bonds. The van der Waals surface area contributed by atoms with Gasteiger partial charge in [-0.1, -0.05) is 30.3 Å². The van der Waals surface area contributed by atoms with Crippen molar-refractivity contribution in [3.8, 4) is 11.3 Å². The molecule has 0 aliphatic rings. The third-order valence-electron chi connectivity index (χ3n) is 3.25. The number of benzene rings is 2. The lowest BCUT2D eigenvalue weighted by molar-refractivity contribution is 0.102. The second-order valence-electron chi connectivity index (χ2n) is 4.89. The molecule has 0 bridgehead atoms. The number of nitrogens with one attached hydrogen (secondary N) is 1. The van der Waals surface area contributed by atoms with Crippen molar-refractivity contribution < 1.29 is 4.79 Å². The Labute approximate surface area is 128 Å². The van der Waals surface area contributed by atoms with E-state index in [4.69, 9.17) is 0 Å². The summed E-state index contributed by atoms with van der Waals surface area (Å²) in [5, 5.41) is 2.88. The van der Waals surface area contributed by atoms with Crippen LogP contribution in [0.5, 0.6) is 0 Å². The van der Waals surface area contributed by atoms with Crippen LogP contribution in [0.1, 0.15) is 16.2 Å². The highest BCUT2D eigenvalue weighted by atomic mass is 16.1. The van der Waals surface area contributed by atoms with Crippen LogP contribution < -0.4 is 5.32 Å². The van der Waals surface area contributed by atoms with Crippen LogP contribution >= 0.6 is 0 Å². The molecule has 0 saturated carbocycles. The summed E-state index contributed by atoms with van der Waals surface area (Å²) in [6.45, 7) is 1.86. The summed E-state index contributed by atoms with van der Waals surface area (Å²) < 4.78 is 0. The van der Waals surface area contributed by atoms with E-state index in [9.17, 15) is 4.79 Å². The van der Waals surface area contributed by atoms with E-state index in [0.717, 1.165) is 22.8 Å². The molecule has 0 spiro atoms. The summed E-state index contributed by atoms with van der Waals surface area (Å²) in [5.74, 6) is 0.616. The SMILES string of the molecule is Cc1nccc(-c2ccc(NC(=O)c3ccccc3)cc2)n1. The van der Waals surface area contributed by atoms with Crippen LogP contribution in [-0.4, -0.2) is 15.9 Å². The van der Waals surface area contributed by atoms with Crippen LogP contribution in [0.15, 0.2) is 66.9 Å². The Bertz CT molecular complexity index is 783. The van der Waals surface area contributed by atoms with Gasteiger partial charge in [-0.2, -0.15) is 0 Å². The van der Waals surface area contributed by atoms with Crippen molar-refractivity contribution >= 4 is 11.6 Å². The van der Waals surface area contributed by atoms with Crippen LogP contribution in [-0.2, 0) is 0 Å². The number of carbonyl (C=O) groups excluding carboxylic acids is 1. The van der Waals surface area contributed by atoms with Crippen molar-refractivity contribution in [2.75, 3.05) is 5.32 Å². The van der Waals surface area contributed by atoms with Gasteiger partial charge in [-0.3, -0.25) is 4.79 Å². The summed E-state index contributed by atoms with van der Waals surface area (Å²) in [6.07, 6.45) is 1.74. The number of hydrogen-bond donors (Lipinski definition) is 1. The monoisotopic (exact) mass is 289 g/mol. The Hall–Kier alpha value is -3.01. The fourth-order valence-corrected chi connectivity index (χ4v) is 2.13. The molecule has 3 aromatic rings. The lowest BCUT2D eigenvalue weighted by Gasteiger charge is -2.07. The van der Waals surface area contributed by atoms with E-state index in [1.807, 2.05) is 55.5 Å². The third-order valence-corrected chi connectivity index (χ3v) is 3.25. The van der Waals surface area contributed by atoms with E-state index in [1.54, 1.807) is 18.3 Å². The fraction of sp³-hybridized carbons (Fsp3) is 0.0556. The number of rotatable bonds is 3. The molecule has 3 rings (SSSR count). The Morgan fingerprint density at radius 3 is 2.36 bits per heavy atom. The molecule has 0 aliphatic carbocycles. The first-order chi connectivity index (χ1) is 10.7. The maximum atomic E-state index is 12.1. The van der Waals surface area contributed by atoms with Gasteiger partial charge in [-0.25, -0.2) is 9.97 Å². The fourth-order valence-electron chi connectivity index (χ4n) is 2.13. The highest BCUT2D eigenvalue weighted by Gasteiger charge is 2.05. The Morgan fingerprint density at radius 1 is 0.955 bits per heavy atom. The molecule has 2 aromatic carbocycles. The zero-order chi connectivity index (χ0) is 15.4. The molecular formula is C18H15N3O. The number of aryl methyl sites for hydroxylation is 1. The van der Waals surface area contributed by atoms with Crippen LogP contribution in [0.4, 0.5) is 5.69 Å². The zero-order valence-corrected chi connectivity index (χ0v) is 12.2. The molecule has 1 heterocycles. The second kappa shape index (κ2) is 6.18. The molecule has 108 valence electrons. The van der Waals surface area contributed by atoms with E-state index in [2.05, 4.69) is 15.3 Å². The van der Waals surface area contributed by atoms with Crippen molar-refractivity contribution in [3.63, 3.8) is 0 Å². The molecule has 0 atom stereocenters. The first-order valence-corrected chi connectivity index (χ1v) is 6.99. The van der Waals surface area contributed by atoms with Gasteiger partial charge in [0.25, 0.3) is 5.91 Å². The molecule has 0 aliphatic heterocycles. The van der Waals surface area contributed by atoms with E-state index >= 15 is 0 Å². The van der Waals surface area contributed by atoms with Crippen molar-refractivity contribution in [2.24, 2.45) is 0 Å². The van der Waals surface area contributed by atoms with Gasteiger partial charge in [0.1, 0.15) is 5.82 Å². The minimum atomic E-state index is -0.119. The maximum Gasteiger partial charge on any atom is 0.255 e. The van der Waals surface area contributed by atoms with Crippen molar-refractivity contribution in [1.82, 2.24) is 9.97 Å². The highest BCUT2D eigenvalue weighted by molar-refractivity contribution is 6.04. The topological polar surface area (TPSA) is 54.9 Å². The molecule has 22 heavy (non-hydrogen) atoms. The minimum Gasteiger partial charge on any atom is -0.322 e. The molecule has 4 nitrogen and oxygen atoms in total. The number of amides is 1. The predicted octanol–water partition coefficient (Wildman–Crippen LogP) is 3.70. The summed E-state index contributed by atoms with van der Waals surface area (Å²) in [7, 11) is 0. The van der Waals surface area contributed by atoms with Gasteiger partial charge in [0, 0.05) is 23.0 Å². The van der Waals surface area contributed by atoms with Crippen LogP contribution in [0, 0.1) is 6.92 Å². The second-order valence-corrected chi connectivity index (χ2v) is 4.89. The van der Waals surface area contributed by atoms with Gasteiger partial charge < -0.3 is 5.32 Å². The molecular weight excluding hydrogens is 274 g/mol. The minimum absolute atomic E-state index is 0.119. The van der Waals surface area contributed by atoms with Gasteiger partial charge in [-0.15, -0.1) is 0 Å². The van der Waals surface area contributed by atoms with Crippen molar-refractivity contribution in [1.29, 1.82) is 0 Å². The van der Waals surface area contributed by atoms with Gasteiger partial charge in [0.05, 0.1) is 5.69 Å². The largest absolute Gasteiger partial charge is 0.322 e. The number of hydrogen-bond acceptors (Lipinski definition) is 3. The van der Waals surface area contributed by atoms with E-state index in [0.29, 0.717) is 5.56 Å². The average Bonchev–Trinajstić information content (AvgIpc) is 2.56. The maximum absolute atomic E-state index is 12.1. The van der Waals surface area contributed by atoms with Crippen LogP contribution in [0.2, 0.25) is 0 Å². The third kappa shape index (κ3) is 3.17. The highest BCUT2D eigenvalue weighted by Crippen LogP contribution is 2.19. The zero-order valence-electron chi connectivity index (χ0n) is 12.2. The molecule has 4 heteroatoms. The summed E-state index contributed by atoms with van der Waals surface area (Å²) >= 11 is 0. The molecule has 0 fully saturated rings. The van der Waals surface area contributed by atoms with Gasteiger partial charge in [-0.05, 0) is 37.3 Å². The Balaban J connectivity index is 1.76. The Morgan fingerprint density at radius 2 is 1.68 bits per heavy atom. The number of carbonyl (C=O) groups is 1. The molecule has 0 unspecified atom stereocenters. The molecule has 1 aromatic heterocycles. The van der Waals surface area contributed by atoms with E-state index in [-0.39, 0.29) is 5.91 Å². The van der Waals surface area contributed by atoms with E-state index < -0.39 is 0 Å². The first kappa shape index (κ1) is 13.9. The standard InChI is InChI=1S/C18H15N3O/c1-13-19-12-11-17(20-13)14-7-9-16(10-8-14)21-18(22)15-5-3-2-4-6-15/h2-12H,1H3,(H,21,22).